The molecule has 0 spiro atoms. The smallest absolute Gasteiger partial charge is 0.153 e. The topological polar surface area (TPSA) is 72.0 Å². The molecule has 3 N–H and O–H groups in total. The normalized spacial score (nSPS) is 14.6. The monoisotopic (exact) mass is 241 g/mol. The van der Waals surface area contributed by atoms with E-state index < -0.39 is 5.72 Å². The lowest BCUT2D eigenvalue weighted by molar-refractivity contribution is 0.0600. The fourth-order valence-corrected chi connectivity index (χ4v) is 1.47. The highest BCUT2D eigenvalue weighted by Gasteiger charge is 2.17. The lowest BCUT2D eigenvalue weighted by atomic mass is 10.1. The molecule has 4 nitrogen and oxygen atoms in total. The molecule has 0 aliphatic rings. The van der Waals surface area contributed by atoms with E-state index in [1.807, 2.05) is 42.5 Å². The summed E-state index contributed by atoms with van der Waals surface area (Å²) in [6.07, 6.45) is 5.42. The number of hydrogen-bond donors (Lipinski definition) is 2. The fraction of sp³-hybridized carbons (Fsp3) is 0.143. The number of pyridine rings is 2. The van der Waals surface area contributed by atoms with Gasteiger partial charge in [-0.1, -0.05) is 12.1 Å². The minimum atomic E-state index is -1.42. The summed E-state index contributed by atoms with van der Waals surface area (Å²) in [5.41, 5.74) is 6.18. The molecule has 4 heteroatoms. The van der Waals surface area contributed by atoms with Crippen LogP contribution >= 0.6 is 0 Å². The van der Waals surface area contributed by atoms with Gasteiger partial charge in [0.05, 0.1) is 17.1 Å². The van der Waals surface area contributed by atoms with Gasteiger partial charge in [-0.2, -0.15) is 0 Å². The zero-order chi connectivity index (χ0) is 13.0. The van der Waals surface area contributed by atoms with Crippen LogP contribution in [0.25, 0.3) is 12.2 Å². The Morgan fingerprint density at radius 1 is 1.11 bits per heavy atom. The minimum absolute atomic E-state index is 0.436. The highest BCUT2D eigenvalue weighted by Crippen LogP contribution is 2.13. The molecule has 0 aliphatic carbocycles. The molecule has 0 saturated carbocycles. The zero-order valence-corrected chi connectivity index (χ0v) is 10.1. The van der Waals surface area contributed by atoms with E-state index in [9.17, 15) is 5.11 Å². The molecule has 0 aliphatic heterocycles. The van der Waals surface area contributed by atoms with E-state index in [2.05, 4.69) is 9.97 Å². The Bertz CT molecular complexity index is 544. The van der Waals surface area contributed by atoms with Gasteiger partial charge >= 0.3 is 0 Å². The first kappa shape index (κ1) is 12.4. The SMILES string of the molecule is CC(N)(O)c1cccc(/C=C/c2ccccn2)n1. The summed E-state index contributed by atoms with van der Waals surface area (Å²) in [5.74, 6) is 0. The number of aromatic nitrogens is 2. The van der Waals surface area contributed by atoms with Crippen molar-refractivity contribution in [1.29, 1.82) is 0 Å². The van der Waals surface area contributed by atoms with Crippen LogP contribution in [0.3, 0.4) is 0 Å². The van der Waals surface area contributed by atoms with Crippen LogP contribution in [0.5, 0.6) is 0 Å². The van der Waals surface area contributed by atoms with Gasteiger partial charge < -0.3 is 5.11 Å². The highest BCUT2D eigenvalue weighted by molar-refractivity contribution is 5.66. The van der Waals surface area contributed by atoms with Gasteiger partial charge in [-0.25, -0.2) is 4.98 Å². The lowest BCUT2D eigenvalue weighted by Gasteiger charge is -2.16. The molecule has 0 fully saturated rings. The van der Waals surface area contributed by atoms with Crippen molar-refractivity contribution < 1.29 is 5.11 Å². The molecule has 1 atom stereocenters. The molecule has 2 rings (SSSR count). The quantitative estimate of drug-likeness (QED) is 0.803. The summed E-state index contributed by atoms with van der Waals surface area (Å²) in [7, 11) is 0. The van der Waals surface area contributed by atoms with E-state index in [1.54, 1.807) is 12.3 Å². The van der Waals surface area contributed by atoms with Gasteiger partial charge in [0, 0.05) is 6.20 Å². The number of aliphatic hydroxyl groups is 1. The van der Waals surface area contributed by atoms with Crippen molar-refractivity contribution in [2.45, 2.75) is 12.6 Å². The molecular weight excluding hydrogens is 226 g/mol. The maximum atomic E-state index is 9.68. The van der Waals surface area contributed by atoms with Crippen molar-refractivity contribution in [3.8, 4) is 0 Å². The van der Waals surface area contributed by atoms with Crippen LogP contribution in [0.1, 0.15) is 24.0 Å². The van der Waals surface area contributed by atoms with Crippen molar-refractivity contribution >= 4 is 12.2 Å². The first-order valence-corrected chi connectivity index (χ1v) is 5.63. The molecular formula is C14H15N3O. The van der Waals surface area contributed by atoms with Crippen LogP contribution in [0.4, 0.5) is 0 Å². The number of nitrogens with zero attached hydrogens (tertiary/aromatic N) is 2. The third-order valence-corrected chi connectivity index (χ3v) is 2.40. The molecule has 0 aromatic carbocycles. The predicted molar refractivity (Wildman–Crippen MR) is 71.2 cm³/mol. The van der Waals surface area contributed by atoms with Crippen LogP contribution in [0.2, 0.25) is 0 Å². The van der Waals surface area contributed by atoms with Gasteiger partial charge in [0.15, 0.2) is 5.72 Å². The number of nitrogens with two attached hydrogens (primary N) is 1. The first-order chi connectivity index (χ1) is 8.55. The van der Waals surface area contributed by atoms with E-state index in [1.165, 1.54) is 6.92 Å². The second-order valence-corrected chi connectivity index (χ2v) is 4.18. The van der Waals surface area contributed by atoms with Crippen molar-refractivity contribution in [2.75, 3.05) is 0 Å². The zero-order valence-electron chi connectivity index (χ0n) is 10.1. The Morgan fingerprint density at radius 3 is 2.50 bits per heavy atom. The lowest BCUT2D eigenvalue weighted by Crippen LogP contribution is -2.33. The number of hydrogen-bond acceptors (Lipinski definition) is 4. The van der Waals surface area contributed by atoms with E-state index in [4.69, 9.17) is 5.73 Å². The Balaban J connectivity index is 2.23. The van der Waals surface area contributed by atoms with Crippen LogP contribution in [0, 0.1) is 0 Å². The third-order valence-electron chi connectivity index (χ3n) is 2.40. The molecule has 92 valence electrons. The van der Waals surface area contributed by atoms with Crippen LogP contribution in [-0.2, 0) is 5.72 Å². The molecule has 0 bridgehead atoms. The summed E-state index contributed by atoms with van der Waals surface area (Å²) in [6, 6.07) is 11.0. The minimum Gasteiger partial charge on any atom is -0.370 e. The second kappa shape index (κ2) is 5.08. The largest absolute Gasteiger partial charge is 0.370 e. The van der Waals surface area contributed by atoms with Gasteiger partial charge in [0.25, 0.3) is 0 Å². The highest BCUT2D eigenvalue weighted by atomic mass is 16.3. The van der Waals surface area contributed by atoms with Crippen LogP contribution in [-0.4, -0.2) is 15.1 Å². The van der Waals surface area contributed by atoms with Crippen molar-refractivity contribution in [3.05, 3.63) is 59.7 Å². The Morgan fingerprint density at radius 2 is 1.83 bits per heavy atom. The number of rotatable bonds is 3. The average molecular weight is 241 g/mol. The van der Waals surface area contributed by atoms with Crippen molar-refractivity contribution in [2.24, 2.45) is 5.73 Å². The van der Waals surface area contributed by atoms with Crippen molar-refractivity contribution in [1.82, 2.24) is 9.97 Å². The predicted octanol–water partition coefficient (Wildman–Crippen LogP) is 1.77. The molecule has 2 aromatic heterocycles. The summed E-state index contributed by atoms with van der Waals surface area (Å²) in [4.78, 5) is 8.45. The van der Waals surface area contributed by atoms with Crippen LogP contribution in [0.15, 0.2) is 42.6 Å². The Hall–Kier alpha value is -2.04. The van der Waals surface area contributed by atoms with Gasteiger partial charge in [-0.3, -0.25) is 10.7 Å². The van der Waals surface area contributed by atoms with E-state index >= 15 is 0 Å². The third kappa shape index (κ3) is 3.23. The van der Waals surface area contributed by atoms with Crippen LogP contribution < -0.4 is 5.73 Å². The van der Waals surface area contributed by atoms with E-state index in [0.29, 0.717) is 5.69 Å². The molecule has 2 heterocycles. The van der Waals surface area contributed by atoms with Crippen molar-refractivity contribution in [3.63, 3.8) is 0 Å². The molecule has 1 unspecified atom stereocenters. The second-order valence-electron chi connectivity index (χ2n) is 4.18. The van der Waals surface area contributed by atoms with E-state index in [0.717, 1.165) is 11.4 Å². The van der Waals surface area contributed by atoms with Gasteiger partial charge in [-0.05, 0) is 43.3 Å². The van der Waals surface area contributed by atoms with Gasteiger partial charge in [-0.15, -0.1) is 0 Å². The first-order valence-electron chi connectivity index (χ1n) is 5.63. The fourth-order valence-electron chi connectivity index (χ4n) is 1.47. The Kier molecular flexibility index (Phi) is 3.50. The maximum absolute atomic E-state index is 9.68. The standard InChI is InChI=1S/C14H15N3O/c1-14(15,18)13-7-4-6-12(17-13)9-8-11-5-2-3-10-16-11/h2-10,18H,15H2,1H3/b9-8+. The molecule has 18 heavy (non-hydrogen) atoms. The summed E-state index contributed by atoms with van der Waals surface area (Å²) < 4.78 is 0. The maximum Gasteiger partial charge on any atom is 0.153 e. The van der Waals surface area contributed by atoms with E-state index in [-0.39, 0.29) is 0 Å². The molecule has 2 aromatic rings. The van der Waals surface area contributed by atoms with Gasteiger partial charge in [0.2, 0.25) is 0 Å². The summed E-state index contributed by atoms with van der Waals surface area (Å²) in [5, 5.41) is 9.68. The molecule has 0 amide bonds. The average Bonchev–Trinajstić information content (AvgIpc) is 2.37. The molecule has 0 saturated heterocycles. The summed E-state index contributed by atoms with van der Waals surface area (Å²) >= 11 is 0. The van der Waals surface area contributed by atoms with Gasteiger partial charge in [0.1, 0.15) is 0 Å². The Labute approximate surface area is 106 Å². The summed E-state index contributed by atoms with van der Waals surface area (Å²) in [6.45, 7) is 1.50. The molecule has 0 radical (unpaired) electrons.